The fourth-order valence-electron chi connectivity index (χ4n) is 1.60. The Morgan fingerprint density at radius 1 is 0.800 bits per heavy atom. The number of rotatable bonds is 11. The van der Waals surface area contributed by atoms with E-state index in [0.29, 0.717) is 6.42 Å². The van der Waals surface area contributed by atoms with Crippen LogP contribution in [0, 0.1) is 0 Å². The number of hydrogen-bond acceptors (Lipinski definition) is 3. The van der Waals surface area contributed by atoms with Gasteiger partial charge in [0, 0.05) is 12.4 Å². The van der Waals surface area contributed by atoms with Crippen LogP contribution in [0.1, 0.15) is 84.5 Å². The molecular weight excluding hydrogens is 265 g/mol. The van der Waals surface area contributed by atoms with Gasteiger partial charge in [-0.25, -0.2) is 0 Å². The normalized spacial score (nSPS) is 9.10. The van der Waals surface area contributed by atoms with Crippen molar-refractivity contribution in [3.05, 3.63) is 0 Å². The molecule has 4 nitrogen and oxygen atoms in total. The quantitative estimate of drug-likeness (QED) is 0.414. The van der Waals surface area contributed by atoms with Crippen LogP contribution in [0.5, 0.6) is 0 Å². The fraction of sp³-hybridized carbons (Fsp3) is 0.867. The van der Waals surface area contributed by atoms with Crippen molar-refractivity contribution in [3.8, 4) is 0 Å². The van der Waals surface area contributed by atoms with Gasteiger partial charge in [-0.15, -0.1) is 0 Å². The standard InChI is InChI=1S/C9H19NO.C6H12O2.Na/c1-2-3-4-5-6-7-8-9(10)11;1-2-3-4-5-6(7)8;/h2-8H2,1H3,(H2,10,11);2-5H2,1H3,(H,7,8);/q;;+1/p-1. The molecule has 0 aromatic heterocycles. The van der Waals surface area contributed by atoms with Crippen LogP contribution in [-0.2, 0) is 9.59 Å². The van der Waals surface area contributed by atoms with Crippen molar-refractivity contribution >= 4 is 11.9 Å². The Hall–Kier alpha value is -0.0600. The SMILES string of the molecule is CCCCCC(=O)[O-].CCCCCCCCC(N)=O.[Na+]. The molecule has 0 aliphatic carbocycles. The third kappa shape index (κ3) is 30.7. The van der Waals surface area contributed by atoms with Crippen LogP contribution in [0.3, 0.4) is 0 Å². The van der Waals surface area contributed by atoms with Crippen LogP contribution >= 0.6 is 0 Å². The molecule has 0 atom stereocenters. The molecule has 20 heavy (non-hydrogen) atoms. The van der Waals surface area contributed by atoms with E-state index < -0.39 is 5.97 Å². The number of carbonyl (C=O) groups excluding carboxylic acids is 2. The zero-order chi connectivity index (χ0) is 14.9. The minimum Gasteiger partial charge on any atom is -0.550 e. The predicted molar refractivity (Wildman–Crippen MR) is 76.3 cm³/mol. The number of aliphatic carboxylic acids is 1. The van der Waals surface area contributed by atoms with Crippen molar-refractivity contribution in [1.29, 1.82) is 0 Å². The molecule has 0 aromatic rings. The number of nitrogens with two attached hydrogens (primary N) is 1. The topological polar surface area (TPSA) is 83.2 Å². The number of unbranched alkanes of at least 4 members (excludes halogenated alkanes) is 7. The molecule has 0 aromatic carbocycles. The van der Waals surface area contributed by atoms with Gasteiger partial charge in [-0.3, -0.25) is 4.79 Å². The molecule has 1 amide bonds. The van der Waals surface area contributed by atoms with Gasteiger partial charge in [0.2, 0.25) is 5.91 Å². The summed E-state index contributed by atoms with van der Waals surface area (Å²) in [7, 11) is 0. The molecule has 0 unspecified atom stereocenters. The van der Waals surface area contributed by atoms with Crippen LogP contribution in [-0.4, -0.2) is 11.9 Å². The monoisotopic (exact) mass is 295 g/mol. The van der Waals surface area contributed by atoms with E-state index in [1.807, 2.05) is 6.92 Å². The van der Waals surface area contributed by atoms with Crippen molar-refractivity contribution < 1.29 is 44.3 Å². The second-order valence-electron chi connectivity index (χ2n) is 4.81. The average molecular weight is 295 g/mol. The smallest absolute Gasteiger partial charge is 0.550 e. The van der Waals surface area contributed by atoms with Crippen LogP contribution in [0.25, 0.3) is 0 Å². The second kappa shape index (κ2) is 21.2. The molecule has 0 rings (SSSR count). The molecular formula is C15H30NNaO3. The first-order chi connectivity index (χ1) is 9.04. The molecule has 2 N–H and O–H groups in total. The van der Waals surface area contributed by atoms with Crippen LogP contribution < -0.4 is 40.4 Å². The van der Waals surface area contributed by atoms with E-state index in [9.17, 15) is 14.7 Å². The van der Waals surface area contributed by atoms with Gasteiger partial charge in [0.15, 0.2) is 0 Å². The number of carboxylic acid groups (broad SMARTS) is 1. The molecule has 0 saturated heterocycles. The Balaban J connectivity index is -0.000000288. The molecule has 0 radical (unpaired) electrons. The molecule has 0 heterocycles. The maximum atomic E-state index is 10.3. The van der Waals surface area contributed by atoms with Crippen LogP contribution in [0.2, 0.25) is 0 Å². The van der Waals surface area contributed by atoms with E-state index in [2.05, 4.69) is 6.92 Å². The van der Waals surface area contributed by atoms with E-state index >= 15 is 0 Å². The van der Waals surface area contributed by atoms with Crippen molar-refractivity contribution in [3.63, 3.8) is 0 Å². The van der Waals surface area contributed by atoms with Crippen molar-refractivity contribution in [2.45, 2.75) is 84.5 Å². The Kier molecular flexibility index (Phi) is 26.5. The molecule has 0 fully saturated rings. The van der Waals surface area contributed by atoms with Gasteiger partial charge >= 0.3 is 29.6 Å². The summed E-state index contributed by atoms with van der Waals surface area (Å²) in [4.78, 5) is 20.1. The number of carboxylic acids is 1. The predicted octanol–water partition coefficient (Wildman–Crippen LogP) is -0.457. The summed E-state index contributed by atoms with van der Waals surface area (Å²) < 4.78 is 0. The Morgan fingerprint density at radius 2 is 1.20 bits per heavy atom. The molecule has 0 spiro atoms. The zero-order valence-corrected chi connectivity index (χ0v) is 15.6. The third-order valence-electron chi connectivity index (χ3n) is 2.76. The van der Waals surface area contributed by atoms with Gasteiger partial charge in [-0.2, -0.15) is 0 Å². The van der Waals surface area contributed by atoms with Crippen LogP contribution in [0.4, 0.5) is 0 Å². The van der Waals surface area contributed by atoms with Gasteiger partial charge in [0.25, 0.3) is 0 Å². The van der Waals surface area contributed by atoms with Crippen LogP contribution in [0.15, 0.2) is 0 Å². The summed E-state index contributed by atoms with van der Waals surface area (Å²) in [6.07, 6.45) is 10.9. The molecule has 0 aliphatic rings. The number of hydrogen-bond donors (Lipinski definition) is 1. The van der Waals surface area contributed by atoms with E-state index in [0.717, 1.165) is 32.1 Å². The number of carbonyl (C=O) groups is 2. The maximum absolute atomic E-state index is 10.3. The Labute approximate surface area is 146 Å². The maximum Gasteiger partial charge on any atom is 1.00 e. The summed E-state index contributed by atoms with van der Waals surface area (Å²) in [6, 6.07) is 0. The van der Waals surface area contributed by atoms with Crippen molar-refractivity contribution in [2.75, 3.05) is 0 Å². The van der Waals surface area contributed by atoms with Gasteiger partial charge in [-0.05, 0) is 19.3 Å². The minimum atomic E-state index is -0.932. The molecule has 114 valence electrons. The van der Waals surface area contributed by atoms with Gasteiger partial charge in [0.1, 0.15) is 0 Å². The first kappa shape index (κ1) is 24.9. The number of primary amides is 1. The largest absolute Gasteiger partial charge is 1.00 e. The summed E-state index contributed by atoms with van der Waals surface area (Å²) in [5, 5.41) is 9.76. The van der Waals surface area contributed by atoms with Crippen molar-refractivity contribution in [2.24, 2.45) is 5.73 Å². The van der Waals surface area contributed by atoms with Gasteiger partial charge in [0.05, 0.1) is 0 Å². The molecule has 5 heteroatoms. The third-order valence-corrected chi connectivity index (χ3v) is 2.76. The van der Waals surface area contributed by atoms with E-state index in [1.54, 1.807) is 0 Å². The first-order valence-corrected chi connectivity index (χ1v) is 7.52. The van der Waals surface area contributed by atoms with Gasteiger partial charge in [-0.1, -0.05) is 58.8 Å². The summed E-state index contributed by atoms with van der Waals surface area (Å²) in [6.45, 7) is 4.23. The Morgan fingerprint density at radius 3 is 1.65 bits per heavy atom. The average Bonchev–Trinajstić information content (AvgIpc) is 2.34. The zero-order valence-electron chi connectivity index (χ0n) is 13.6. The molecule has 0 bridgehead atoms. The van der Waals surface area contributed by atoms with E-state index in [-0.39, 0.29) is 41.9 Å². The summed E-state index contributed by atoms with van der Waals surface area (Å²) in [5.74, 6) is -1.10. The van der Waals surface area contributed by atoms with Gasteiger partial charge < -0.3 is 15.6 Å². The van der Waals surface area contributed by atoms with E-state index in [4.69, 9.17) is 5.73 Å². The summed E-state index contributed by atoms with van der Waals surface area (Å²) in [5.41, 5.74) is 4.99. The molecule has 0 saturated carbocycles. The van der Waals surface area contributed by atoms with E-state index in [1.165, 1.54) is 25.7 Å². The second-order valence-corrected chi connectivity index (χ2v) is 4.81. The fourth-order valence-corrected chi connectivity index (χ4v) is 1.60. The Bertz CT molecular complexity index is 223. The number of amides is 1. The summed E-state index contributed by atoms with van der Waals surface area (Å²) >= 11 is 0. The molecule has 0 aliphatic heterocycles. The first-order valence-electron chi connectivity index (χ1n) is 7.52. The van der Waals surface area contributed by atoms with Crippen molar-refractivity contribution in [1.82, 2.24) is 0 Å². The minimum absolute atomic E-state index is 0.